The fourth-order valence-corrected chi connectivity index (χ4v) is 13.0. The molecule has 0 aliphatic carbocycles. The average molecular weight is 1350 g/mol. The van der Waals surface area contributed by atoms with E-state index in [9.17, 15) is 61.0 Å². The SMILES string of the molecule is CC/C=C\C/C=C\C/C=C\C/C=C\CCCCCCCCCCCCCCCCCCCCC(=O)NC(COC1OC(CO)C(OC2OC(CO)C(OC3OC(CO)C(O)C(O)C3O)C(O)C2O)C(O)C1O)C(O)CCCCCCCCCCCCCCCCCCCCC. The molecule has 0 bridgehead atoms. The lowest BCUT2D eigenvalue weighted by atomic mass is 9.96. The zero-order valence-corrected chi connectivity index (χ0v) is 59.2. The minimum Gasteiger partial charge on any atom is -0.394 e. The Bertz CT molecular complexity index is 1910. The molecule has 3 rings (SSSR count). The molecule has 95 heavy (non-hydrogen) atoms. The quantitative estimate of drug-likeness (QED) is 0.0199. The Morgan fingerprint density at radius 1 is 0.389 bits per heavy atom. The van der Waals surface area contributed by atoms with Crippen molar-refractivity contribution >= 4 is 5.91 Å². The van der Waals surface area contributed by atoms with E-state index in [4.69, 9.17) is 28.4 Å². The van der Waals surface area contributed by atoms with Crippen LogP contribution in [0.15, 0.2) is 48.6 Å². The van der Waals surface area contributed by atoms with Gasteiger partial charge in [-0.05, 0) is 51.4 Å². The summed E-state index contributed by atoms with van der Waals surface area (Å²) in [6.07, 6.45) is 43.3. The number of allylic oxidation sites excluding steroid dienone is 8. The molecule has 3 saturated heterocycles. The molecule has 17 unspecified atom stereocenters. The molecule has 12 N–H and O–H groups in total. The first-order valence-electron chi connectivity index (χ1n) is 38.4. The van der Waals surface area contributed by atoms with Crippen LogP contribution >= 0.6 is 0 Å². The molecule has 0 aromatic rings. The summed E-state index contributed by atoms with van der Waals surface area (Å²) in [6.45, 7) is 1.72. The minimum atomic E-state index is -1.97. The highest BCUT2D eigenvalue weighted by molar-refractivity contribution is 5.76. The van der Waals surface area contributed by atoms with Gasteiger partial charge in [0, 0.05) is 6.42 Å². The number of rotatable bonds is 60. The van der Waals surface area contributed by atoms with E-state index in [0.29, 0.717) is 12.8 Å². The van der Waals surface area contributed by atoms with Crippen LogP contribution in [0.25, 0.3) is 0 Å². The zero-order chi connectivity index (χ0) is 68.9. The van der Waals surface area contributed by atoms with Crippen LogP contribution < -0.4 is 5.32 Å². The van der Waals surface area contributed by atoms with E-state index >= 15 is 0 Å². The molecular formula is C76H139NO18. The molecule has 17 atom stereocenters. The van der Waals surface area contributed by atoms with Gasteiger partial charge < -0.3 is 89.9 Å². The van der Waals surface area contributed by atoms with Crippen LogP contribution in [0.4, 0.5) is 0 Å². The molecular weight excluding hydrogens is 1210 g/mol. The molecule has 556 valence electrons. The number of aliphatic hydroxyl groups excluding tert-OH is 11. The topological polar surface area (TPSA) is 307 Å². The first kappa shape index (κ1) is 87.0. The van der Waals surface area contributed by atoms with Crippen molar-refractivity contribution in [3.8, 4) is 0 Å². The number of nitrogens with one attached hydrogen (secondary N) is 1. The molecule has 19 heteroatoms. The fourth-order valence-electron chi connectivity index (χ4n) is 13.0. The number of amides is 1. The van der Waals surface area contributed by atoms with E-state index in [1.807, 2.05) is 0 Å². The Hall–Kier alpha value is -2.25. The smallest absolute Gasteiger partial charge is 0.220 e. The second-order valence-corrected chi connectivity index (χ2v) is 27.4. The zero-order valence-electron chi connectivity index (χ0n) is 59.2. The van der Waals surface area contributed by atoms with Crippen molar-refractivity contribution in [2.45, 2.75) is 401 Å². The first-order chi connectivity index (χ1) is 46.3. The van der Waals surface area contributed by atoms with Gasteiger partial charge in [0.05, 0.1) is 38.6 Å². The van der Waals surface area contributed by atoms with Crippen LogP contribution in [-0.4, -0.2) is 193 Å². The van der Waals surface area contributed by atoms with E-state index in [1.165, 1.54) is 193 Å². The first-order valence-corrected chi connectivity index (χ1v) is 38.4. The molecule has 3 fully saturated rings. The highest BCUT2D eigenvalue weighted by Crippen LogP contribution is 2.33. The molecule has 1 amide bonds. The van der Waals surface area contributed by atoms with Crippen molar-refractivity contribution < 1.29 is 89.4 Å². The van der Waals surface area contributed by atoms with Crippen LogP contribution in [0.1, 0.15) is 296 Å². The summed E-state index contributed by atoms with van der Waals surface area (Å²) >= 11 is 0. The monoisotopic (exact) mass is 1350 g/mol. The van der Waals surface area contributed by atoms with Gasteiger partial charge in [0.2, 0.25) is 5.91 Å². The van der Waals surface area contributed by atoms with Crippen molar-refractivity contribution in [2.75, 3.05) is 26.4 Å². The summed E-state index contributed by atoms with van der Waals surface area (Å²) in [7, 11) is 0. The summed E-state index contributed by atoms with van der Waals surface area (Å²) in [5, 5.41) is 121. The highest BCUT2D eigenvalue weighted by atomic mass is 16.8. The number of hydrogen-bond acceptors (Lipinski definition) is 18. The third-order valence-electron chi connectivity index (χ3n) is 19.2. The van der Waals surface area contributed by atoms with Crippen LogP contribution in [0.5, 0.6) is 0 Å². The van der Waals surface area contributed by atoms with Crippen molar-refractivity contribution in [2.24, 2.45) is 0 Å². The van der Waals surface area contributed by atoms with E-state index in [0.717, 1.165) is 70.6 Å². The number of carbonyl (C=O) groups excluding carboxylic acids is 1. The molecule has 3 aliphatic heterocycles. The average Bonchev–Trinajstić information content (AvgIpc) is 0.787. The number of aliphatic hydroxyl groups is 11. The van der Waals surface area contributed by atoms with Crippen molar-refractivity contribution in [1.29, 1.82) is 0 Å². The summed E-state index contributed by atoms with van der Waals surface area (Å²) in [5.41, 5.74) is 0. The van der Waals surface area contributed by atoms with Crippen molar-refractivity contribution in [1.82, 2.24) is 5.32 Å². The third-order valence-corrected chi connectivity index (χ3v) is 19.2. The van der Waals surface area contributed by atoms with Crippen LogP contribution in [0, 0.1) is 0 Å². The highest BCUT2D eigenvalue weighted by Gasteiger charge is 2.53. The fraction of sp³-hybridized carbons (Fsp3) is 0.882. The van der Waals surface area contributed by atoms with Gasteiger partial charge >= 0.3 is 0 Å². The van der Waals surface area contributed by atoms with E-state index in [2.05, 4.69) is 67.8 Å². The molecule has 0 aromatic heterocycles. The van der Waals surface area contributed by atoms with Gasteiger partial charge in [-0.2, -0.15) is 0 Å². The van der Waals surface area contributed by atoms with E-state index in [-0.39, 0.29) is 18.9 Å². The van der Waals surface area contributed by atoms with Crippen LogP contribution in [0.2, 0.25) is 0 Å². The molecule has 3 aliphatic rings. The number of ether oxygens (including phenoxy) is 6. The van der Waals surface area contributed by atoms with Gasteiger partial charge in [-0.15, -0.1) is 0 Å². The Labute approximate surface area is 573 Å². The minimum absolute atomic E-state index is 0.239. The lowest BCUT2D eigenvalue weighted by Crippen LogP contribution is -2.66. The predicted octanol–water partition coefficient (Wildman–Crippen LogP) is 11.7. The molecule has 19 nitrogen and oxygen atoms in total. The second-order valence-electron chi connectivity index (χ2n) is 27.4. The molecule has 0 aromatic carbocycles. The van der Waals surface area contributed by atoms with Gasteiger partial charge in [0.15, 0.2) is 18.9 Å². The third kappa shape index (κ3) is 38.4. The number of carbonyl (C=O) groups is 1. The predicted molar refractivity (Wildman–Crippen MR) is 374 cm³/mol. The van der Waals surface area contributed by atoms with E-state index < -0.39 is 124 Å². The summed E-state index contributed by atoms with van der Waals surface area (Å²) < 4.78 is 34.5. The Kier molecular flexibility index (Phi) is 52.5. The second kappa shape index (κ2) is 57.4. The maximum Gasteiger partial charge on any atom is 0.220 e. The largest absolute Gasteiger partial charge is 0.394 e. The van der Waals surface area contributed by atoms with Gasteiger partial charge in [-0.25, -0.2) is 0 Å². The molecule has 3 heterocycles. The Morgan fingerprint density at radius 2 is 0.726 bits per heavy atom. The van der Waals surface area contributed by atoms with Crippen molar-refractivity contribution in [3.63, 3.8) is 0 Å². The maximum atomic E-state index is 13.5. The summed E-state index contributed by atoms with van der Waals surface area (Å²) in [4.78, 5) is 13.5. The summed E-state index contributed by atoms with van der Waals surface area (Å²) in [5.74, 6) is -0.239. The van der Waals surface area contributed by atoms with Crippen molar-refractivity contribution in [3.05, 3.63) is 48.6 Å². The lowest BCUT2D eigenvalue weighted by Gasteiger charge is -2.48. The lowest BCUT2D eigenvalue weighted by molar-refractivity contribution is -0.379. The van der Waals surface area contributed by atoms with Crippen LogP contribution in [0.3, 0.4) is 0 Å². The van der Waals surface area contributed by atoms with Gasteiger partial charge in [0.1, 0.15) is 73.2 Å². The number of hydrogen-bond donors (Lipinski definition) is 12. The van der Waals surface area contributed by atoms with Crippen LogP contribution in [-0.2, 0) is 33.2 Å². The standard InChI is InChI=1S/C76H139NO18/c1-3-5-7-9-11-13-15-17-19-21-23-24-25-26-27-28-29-30-31-32-33-34-36-38-40-42-44-46-48-50-52-54-64(82)77-59(60(81)53-51-49-47-45-43-41-39-37-35-22-20-18-16-14-12-10-8-6-4-2)58-90-74-70(88)67(85)72(62(56-79)92-74)95-76-71(89)68(86)73(63(57-80)93-76)94-75-69(87)66(84)65(83)61(55-78)91-75/h5,7,11,13,17,19,23-24,59-63,65-76,78-81,83-89H,3-4,6,8-10,12,14-16,18,20-22,25-58H2,1-2H3,(H,77,82)/b7-5-,13-11-,19-17-,24-23-. The molecule has 0 radical (unpaired) electrons. The number of unbranched alkanes of at least 4 members (excludes halogenated alkanes) is 36. The normalized spacial score (nSPS) is 27.4. The molecule has 0 spiro atoms. The Balaban J connectivity index is 1.36. The maximum absolute atomic E-state index is 13.5. The summed E-state index contributed by atoms with van der Waals surface area (Å²) in [6, 6.07) is -0.888. The molecule has 0 saturated carbocycles. The Morgan fingerprint density at radius 3 is 1.14 bits per heavy atom. The van der Waals surface area contributed by atoms with E-state index in [1.54, 1.807) is 0 Å². The van der Waals surface area contributed by atoms with Gasteiger partial charge in [-0.3, -0.25) is 4.79 Å². The van der Waals surface area contributed by atoms with Gasteiger partial charge in [-0.1, -0.05) is 287 Å². The van der Waals surface area contributed by atoms with Gasteiger partial charge in [0.25, 0.3) is 0 Å².